The first-order chi connectivity index (χ1) is 10.2. The van der Waals surface area contributed by atoms with Crippen molar-refractivity contribution in [3.63, 3.8) is 0 Å². The smallest absolute Gasteiger partial charge is 0.135 e. The molecule has 0 radical (unpaired) electrons. The summed E-state index contributed by atoms with van der Waals surface area (Å²) in [6.07, 6.45) is 1.01. The van der Waals surface area contributed by atoms with E-state index in [0.29, 0.717) is 17.9 Å². The third-order valence-corrected chi connectivity index (χ3v) is 3.19. The predicted molar refractivity (Wildman–Crippen MR) is 84.2 cm³/mol. The standard InChI is InChI=1S/C18H16ClFO/c1-2-14-5-7-15(8-6-14)13-21-18-10-9-17(20)12-16(18)4-3-11-19/h5-10,12H,2,11,13H2,1H3. The lowest BCUT2D eigenvalue weighted by Gasteiger charge is -2.09. The molecule has 0 amide bonds. The zero-order valence-corrected chi connectivity index (χ0v) is 12.6. The highest BCUT2D eigenvalue weighted by atomic mass is 35.5. The van der Waals surface area contributed by atoms with Crippen molar-refractivity contribution in [2.45, 2.75) is 20.0 Å². The van der Waals surface area contributed by atoms with Gasteiger partial charge in [-0.2, -0.15) is 0 Å². The van der Waals surface area contributed by atoms with Gasteiger partial charge in [0.25, 0.3) is 0 Å². The van der Waals surface area contributed by atoms with Crippen LogP contribution in [-0.4, -0.2) is 5.88 Å². The van der Waals surface area contributed by atoms with Crippen LogP contribution in [0.4, 0.5) is 4.39 Å². The molecule has 0 aliphatic carbocycles. The Balaban J connectivity index is 2.11. The average molecular weight is 303 g/mol. The van der Waals surface area contributed by atoms with Crippen LogP contribution in [0.3, 0.4) is 0 Å². The molecule has 0 fully saturated rings. The lowest BCUT2D eigenvalue weighted by molar-refractivity contribution is 0.305. The molecule has 0 saturated heterocycles. The van der Waals surface area contributed by atoms with Crippen LogP contribution in [0.5, 0.6) is 5.75 Å². The van der Waals surface area contributed by atoms with Crippen LogP contribution in [-0.2, 0) is 13.0 Å². The second-order valence-corrected chi connectivity index (χ2v) is 4.80. The number of rotatable bonds is 4. The average Bonchev–Trinajstić information content (AvgIpc) is 2.52. The van der Waals surface area contributed by atoms with Gasteiger partial charge in [0.15, 0.2) is 0 Å². The van der Waals surface area contributed by atoms with E-state index in [2.05, 4.69) is 30.9 Å². The van der Waals surface area contributed by atoms with E-state index >= 15 is 0 Å². The summed E-state index contributed by atoms with van der Waals surface area (Å²) in [5.74, 6) is 5.95. The molecule has 108 valence electrons. The Morgan fingerprint density at radius 2 is 1.81 bits per heavy atom. The molecule has 0 N–H and O–H groups in total. The number of hydrogen-bond acceptors (Lipinski definition) is 1. The number of benzene rings is 2. The molecule has 2 rings (SSSR count). The minimum atomic E-state index is -0.339. The molecule has 21 heavy (non-hydrogen) atoms. The largest absolute Gasteiger partial charge is 0.488 e. The fourth-order valence-electron chi connectivity index (χ4n) is 1.89. The van der Waals surface area contributed by atoms with Gasteiger partial charge in [-0.1, -0.05) is 43.0 Å². The van der Waals surface area contributed by atoms with E-state index in [9.17, 15) is 4.39 Å². The van der Waals surface area contributed by atoms with E-state index in [1.807, 2.05) is 12.1 Å². The lowest BCUT2D eigenvalue weighted by atomic mass is 10.1. The van der Waals surface area contributed by atoms with E-state index < -0.39 is 0 Å². The number of halogens is 2. The van der Waals surface area contributed by atoms with Crippen molar-refractivity contribution >= 4 is 11.6 Å². The second kappa shape index (κ2) is 7.71. The molecule has 0 unspecified atom stereocenters. The van der Waals surface area contributed by atoms with E-state index in [0.717, 1.165) is 12.0 Å². The predicted octanol–water partition coefficient (Wildman–Crippen LogP) is 4.56. The van der Waals surface area contributed by atoms with Crippen LogP contribution in [0, 0.1) is 17.7 Å². The van der Waals surface area contributed by atoms with Gasteiger partial charge in [0.1, 0.15) is 18.2 Å². The zero-order valence-electron chi connectivity index (χ0n) is 11.8. The quantitative estimate of drug-likeness (QED) is 0.594. The van der Waals surface area contributed by atoms with Crippen molar-refractivity contribution in [1.29, 1.82) is 0 Å². The Labute approximate surface area is 129 Å². The van der Waals surface area contributed by atoms with E-state index in [1.54, 1.807) is 6.07 Å². The summed E-state index contributed by atoms with van der Waals surface area (Å²) in [7, 11) is 0. The highest BCUT2D eigenvalue weighted by Gasteiger charge is 2.04. The van der Waals surface area contributed by atoms with Crippen LogP contribution in [0.1, 0.15) is 23.6 Å². The Hall–Kier alpha value is -1.98. The molecule has 2 aromatic carbocycles. The van der Waals surface area contributed by atoms with Crippen LogP contribution >= 0.6 is 11.6 Å². The summed E-state index contributed by atoms with van der Waals surface area (Å²) < 4.78 is 19.0. The maximum Gasteiger partial charge on any atom is 0.135 e. The van der Waals surface area contributed by atoms with Crippen molar-refractivity contribution < 1.29 is 9.13 Å². The lowest BCUT2D eigenvalue weighted by Crippen LogP contribution is -1.98. The Morgan fingerprint density at radius 3 is 2.48 bits per heavy atom. The fourth-order valence-corrected chi connectivity index (χ4v) is 1.95. The molecule has 0 saturated carbocycles. The van der Waals surface area contributed by atoms with Crippen LogP contribution in [0.15, 0.2) is 42.5 Å². The topological polar surface area (TPSA) is 9.23 Å². The molecule has 0 aromatic heterocycles. The molecule has 2 aromatic rings. The van der Waals surface area contributed by atoms with E-state index in [4.69, 9.17) is 16.3 Å². The highest BCUT2D eigenvalue weighted by molar-refractivity contribution is 6.19. The first-order valence-corrected chi connectivity index (χ1v) is 7.31. The van der Waals surface area contributed by atoms with Gasteiger partial charge in [0.2, 0.25) is 0 Å². The molecular weight excluding hydrogens is 287 g/mol. The summed E-state index contributed by atoms with van der Waals surface area (Å²) in [4.78, 5) is 0. The van der Waals surface area contributed by atoms with Crippen LogP contribution < -0.4 is 4.74 Å². The van der Waals surface area contributed by atoms with Gasteiger partial charge < -0.3 is 4.74 Å². The van der Waals surface area contributed by atoms with Crippen LogP contribution in [0.25, 0.3) is 0 Å². The Bertz CT molecular complexity index is 653. The molecule has 3 heteroatoms. The first kappa shape index (κ1) is 15.4. The second-order valence-electron chi connectivity index (χ2n) is 4.53. The van der Waals surface area contributed by atoms with E-state index in [1.165, 1.54) is 17.7 Å². The molecule has 0 spiro atoms. The zero-order chi connectivity index (χ0) is 15.1. The summed E-state index contributed by atoms with van der Waals surface area (Å²) in [6, 6.07) is 12.5. The minimum absolute atomic E-state index is 0.203. The normalized spacial score (nSPS) is 9.86. The third kappa shape index (κ3) is 4.51. The summed E-state index contributed by atoms with van der Waals surface area (Å²) >= 11 is 5.54. The van der Waals surface area contributed by atoms with Crippen molar-refractivity contribution in [2.75, 3.05) is 5.88 Å². The SMILES string of the molecule is CCc1ccc(COc2ccc(F)cc2C#CCCl)cc1. The molecule has 0 aliphatic heterocycles. The van der Waals surface area contributed by atoms with E-state index in [-0.39, 0.29) is 11.7 Å². The van der Waals surface area contributed by atoms with Gasteiger partial charge in [-0.25, -0.2) is 4.39 Å². The Morgan fingerprint density at radius 1 is 1.10 bits per heavy atom. The molecule has 0 bridgehead atoms. The molecule has 0 heterocycles. The van der Waals surface area contributed by atoms with Crippen molar-refractivity contribution in [3.05, 3.63) is 65.0 Å². The fraction of sp³-hybridized carbons (Fsp3) is 0.222. The molecule has 0 atom stereocenters. The maximum atomic E-state index is 13.3. The number of alkyl halides is 1. The van der Waals surface area contributed by atoms with Crippen LogP contribution in [0.2, 0.25) is 0 Å². The van der Waals surface area contributed by atoms with Gasteiger partial charge in [-0.15, -0.1) is 11.6 Å². The van der Waals surface area contributed by atoms with Gasteiger partial charge in [0.05, 0.1) is 11.4 Å². The number of ether oxygens (including phenoxy) is 1. The number of aryl methyl sites for hydroxylation is 1. The molecular formula is C18H16ClFO. The molecule has 1 nitrogen and oxygen atoms in total. The van der Waals surface area contributed by atoms with Crippen molar-refractivity contribution in [1.82, 2.24) is 0 Å². The van der Waals surface area contributed by atoms with Gasteiger partial charge in [-0.3, -0.25) is 0 Å². The molecule has 0 aliphatic rings. The van der Waals surface area contributed by atoms with Gasteiger partial charge in [0, 0.05) is 0 Å². The number of hydrogen-bond donors (Lipinski definition) is 0. The summed E-state index contributed by atoms with van der Waals surface area (Å²) in [5.41, 5.74) is 2.86. The summed E-state index contributed by atoms with van der Waals surface area (Å²) in [5, 5.41) is 0. The van der Waals surface area contributed by atoms with Crippen molar-refractivity contribution in [2.24, 2.45) is 0 Å². The van der Waals surface area contributed by atoms with Crippen molar-refractivity contribution in [3.8, 4) is 17.6 Å². The third-order valence-electron chi connectivity index (χ3n) is 3.06. The van der Waals surface area contributed by atoms with Gasteiger partial charge >= 0.3 is 0 Å². The summed E-state index contributed by atoms with van der Waals surface area (Å²) in [6.45, 7) is 2.54. The first-order valence-electron chi connectivity index (χ1n) is 6.78. The van der Waals surface area contributed by atoms with Gasteiger partial charge in [-0.05, 0) is 35.7 Å². The monoisotopic (exact) mass is 302 g/mol. The highest BCUT2D eigenvalue weighted by Crippen LogP contribution is 2.20. The maximum absolute atomic E-state index is 13.3. The minimum Gasteiger partial charge on any atom is -0.488 e. The Kier molecular flexibility index (Phi) is 5.66.